The molecule has 0 fully saturated rings. The van der Waals surface area contributed by atoms with Crippen LogP contribution < -0.4 is 14.8 Å². The number of carbonyl (C=O) groups is 3. The van der Waals surface area contributed by atoms with E-state index in [9.17, 15) is 24.5 Å². The number of methoxy groups -OCH3 is 2. The van der Waals surface area contributed by atoms with Gasteiger partial charge in [0, 0.05) is 6.42 Å². The standard InChI is InChI=1S/C20H23N3O9/c1-4-5-6-18(24)22-14(20(26)31-8-7-21)10-19(25)32-12-13-9-16(29-2)17(30-3)11-15(13)23(27)28/h4,9,11,14H,1,5-6,8,10,12H2,2-3H3,(H,22,24)/t14-/m0/s1. The molecule has 0 heterocycles. The van der Waals surface area contributed by atoms with E-state index in [1.54, 1.807) is 6.07 Å². The van der Waals surface area contributed by atoms with E-state index in [1.165, 1.54) is 26.4 Å². The summed E-state index contributed by atoms with van der Waals surface area (Å²) in [6.45, 7) is 2.42. The molecule has 1 aromatic carbocycles. The van der Waals surface area contributed by atoms with Gasteiger partial charge in [0.2, 0.25) is 5.91 Å². The number of ether oxygens (including phenoxy) is 4. The van der Waals surface area contributed by atoms with Crippen molar-refractivity contribution in [2.24, 2.45) is 0 Å². The van der Waals surface area contributed by atoms with E-state index in [0.29, 0.717) is 6.42 Å². The van der Waals surface area contributed by atoms with Crippen LogP contribution in [0, 0.1) is 21.4 Å². The molecule has 1 atom stereocenters. The molecule has 12 nitrogen and oxygen atoms in total. The van der Waals surface area contributed by atoms with Gasteiger partial charge < -0.3 is 24.3 Å². The summed E-state index contributed by atoms with van der Waals surface area (Å²) in [6.07, 6.45) is 1.27. The molecule has 0 radical (unpaired) electrons. The van der Waals surface area contributed by atoms with E-state index < -0.39 is 48.4 Å². The van der Waals surface area contributed by atoms with Gasteiger partial charge in [0.1, 0.15) is 18.7 Å². The van der Waals surface area contributed by atoms with Gasteiger partial charge in [0.15, 0.2) is 18.1 Å². The highest BCUT2D eigenvalue weighted by molar-refractivity contribution is 5.88. The van der Waals surface area contributed by atoms with Gasteiger partial charge in [-0.25, -0.2) is 4.79 Å². The van der Waals surface area contributed by atoms with Gasteiger partial charge in [-0.2, -0.15) is 5.26 Å². The van der Waals surface area contributed by atoms with Crippen LogP contribution in [0.5, 0.6) is 11.5 Å². The van der Waals surface area contributed by atoms with Crippen molar-refractivity contribution in [2.75, 3.05) is 20.8 Å². The Bertz CT molecular complexity index is 908. The fourth-order valence-corrected chi connectivity index (χ4v) is 2.48. The Balaban J connectivity index is 2.92. The number of amides is 1. The Hall–Kier alpha value is -4.14. The Morgan fingerprint density at radius 1 is 1.25 bits per heavy atom. The molecule has 0 unspecified atom stereocenters. The van der Waals surface area contributed by atoms with E-state index in [2.05, 4.69) is 16.6 Å². The van der Waals surface area contributed by atoms with E-state index in [0.717, 1.165) is 6.07 Å². The van der Waals surface area contributed by atoms with Gasteiger partial charge in [-0.05, 0) is 12.5 Å². The molecule has 1 N–H and O–H groups in total. The number of allylic oxidation sites excluding steroid dienone is 1. The van der Waals surface area contributed by atoms with E-state index in [-0.39, 0.29) is 29.2 Å². The average molecular weight is 449 g/mol. The minimum atomic E-state index is -1.39. The first-order valence-corrected chi connectivity index (χ1v) is 9.26. The summed E-state index contributed by atoms with van der Waals surface area (Å²) in [5.41, 5.74) is -0.335. The van der Waals surface area contributed by atoms with Crippen LogP contribution in [0.3, 0.4) is 0 Å². The second-order valence-corrected chi connectivity index (χ2v) is 6.17. The SMILES string of the molecule is C=CCCC(=O)N[C@@H](CC(=O)OCc1cc(OC)c(OC)cc1[N+](=O)[O-])C(=O)OCC#N. The first kappa shape index (κ1) is 25.9. The van der Waals surface area contributed by atoms with Gasteiger partial charge in [0.25, 0.3) is 5.69 Å². The number of rotatable bonds is 13. The molecule has 12 heteroatoms. The highest BCUT2D eigenvalue weighted by atomic mass is 16.6. The fourth-order valence-electron chi connectivity index (χ4n) is 2.48. The van der Waals surface area contributed by atoms with Crippen LogP contribution in [-0.2, 0) is 30.5 Å². The van der Waals surface area contributed by atoms with Crippen LogP contribution in [0.2, 0.25) is 0 Å². The molecule has 0 spiro atoms. The van der Waals surface area contributed by atoms with E-state index in [1.807, 2.05) is 0 Å². The van der Waals surface area contributed by atoms with Gasteiger partial charge in [-0.3, -0.25) is 19.7 Å². The molecule has 32 heavy (non-hydrogen) atoms. The molecule has 1 rings (SSSR count). The number of nitrogens with one attached hydrogen (secondary N) is 1. The quantitative estimate of drug-likeness (QED) is 0.202. The second-order valence-electron chi connectivity index (χ2n) is 6.17. The maximum atomic E-state index is 12.3. The number of hydrogen-bond donors (Lipinski definition) is 1. The zero-order valence-electron chi connectivity index (χ0n) is 17.6. The molecule has 1 amide bonds. The Morgan fingerprint density at radius 3 is 2.47 bits per heavy atom. The third-order valence-electron chi connectivity index (χ3n) is 4.02. The maximum Gasteiger partial charge on any atom is 0.330 e. The van der Waals surface area contributed by atoms with Crippen LogP contribution in [0.25, 0.3) is 0 Å². The molecule has 172 valence electrons. The van der Waals surface area contributed by atoms with Crippen molar-refractivity contribution < 1.29 is 38.3 Å². The summed E-state index contributed by atoms with van der Waals surface area (Å²) in [7, 11) is 2.65. The normalized spacial score (nSPS) is 10.8. The molecule has 0 aliphatic heterocycles. The van der Waals surface area contributed by atoms with Crippen LogP contribution >= 0.6 is 0 Å². The number of nitrogens with zero attached hydrogens (tertiary/aromatic N) is 2. The molecule has 0 bridgehead atoms. The van der Waals surface area contributed by atoms with Crippen molar-refractivity contribution in [1.29, 1.82) is 5.26 Å². The smallest absolute Gasteiger partial charge is 0.330 e. The van der Waals surface area contributed by atoms with Gasteiger partial charge >= 0.3 is 11.9 Å². The molecular weight excluding hydrogens is 426 g/mol. The largest absolute Gasteiger partial charge is 0.493 e. The minimum Gasteiger partial charge on any atom is -0.493 e. The fraction of sp³-hybridized carbons (Fsp3) is 0.400. The third-order valence-corrected chi connectivity index (χ3v) is 4.02. The zero-order chi connectivity index (χ0) is 24.1. The van der Waals surface area contributed by atoms with Crippen LogP contribution in [-0.4, -0.2) is 49.6 Å². The number of benzene rings is 1. The zero-order valence-corrected chi connectivity index (χ0v) is 17.6. The van der Waals surface area contributed by atoms with Crippen molar-refractivity contribution >= 4 is 23.5 Å². The summed E-state index contributed by atoms with van der Waals surface area (Å²) in [6, 6.07) is 2.63. The minimum absolute atomic E-state index is 0.0262. The lowest BCUT2D eigenvalue weighted by atomic mass is 10.1. The summed E-state index contributed by atoms with van der Waals surface area (Å²) >= 11 is 0. The number of nitro benzene ring substituents is 1. The molecule has 0 aromatic heterocycles. The lowest BCUT2D eigenvalue weighted by molar-refractivity contribution is -0.385. The Labute approximate surface area is 183 Å². The van der Waals surface area contributed by atoms with E-state index >= 15 is 0 Å². The number of nitriles is 1. The van der Waals surface area contributed by atoms with Gasteiger partial charge in [-0.1, -0.05) is 6.08 Å². The van der Waals surface area contributed by atoms with Crippen LogP contribution in [0.4, 0.5) is 5.69 Å². The predicted molar refractivity (Wildman–Crippen MR) is 109 cm³/mol. The highest BCUT2D eigenvalue weighted by Crippen LogP contribution is 2.34. The number of esters is 2. The Kier molecular flexibility index (Phi) is 10.7. The van der Waals surface area contributed by atoms with Crippen LogP contribution in [0.15, 0.2) is 24.8 Å². The summed E-state index contributed by atoms with van der Waals surface area (Å²) < 4.78 is 19.8. The highest BCUT2D eigenvalue weighted by Gasteiger charge is 2.27. The molecular formula is C20H23N3O9. The average Bonchev–Trinajstić information content (AvgIpc) is 2.78. The van der Waals surface area contributed by atoms with E-state index in [4.69, 9.17) is 19.5 Å². The Morgan fingerprint density at radius 2 is 1.91 bits per heavy atom. The van der Waals surface area contributed by atoms with Gasteiger partial charge in [-0.15, -0.1) is 6.58 Å². The van der Waals surface area contributed by atoms with Crippen molar-refractivity contribution in [3.63, 3.8) is 0 Å². The first-order valence-electron chi connectivity index (χ1n) is 9.26. The van der Waals surface area contributed by atoms with Crippen molar-refractivity contribution in [3.8, 4) is 17.6 Å². The third kappa shape index (κ3) is 7.94. The lowest BCUT2D eigenvalue weighted by Crippen LogP contribution is -2.43. The number of nitro groups is 1. The topological polar surface area (TPSA) is 167 Å². The second kappa shape index (κ2) is 13.2. The van der Waals surface area contributed by atoms with Crippen molar-refractivity contribution in [3.05, 3.63) is 40.5 Å². The summed E-state index contributed by atoms with van der Waals surface area (Å²) in [5, 5.41) is 22.2. The van der Waals surface area contributed by atoms with Gasteiger partial charge in [0.05, 0.1) is 37.2 Å². The predicted octanol–water partition coefficient (Wildman–Crippen LogP) is 1.56. The number of carbonyl (C=O) groups excluding carboxylic acids is 3. The van der Waals surface area contributed by atoms with Crippen molar-refractivity contribution in [1.82, 2.24) is 5.32 Å². The maximum absolute atomic E-state index is 12.3. The first-order chi connectivity index (χ1) is 15.3. The molecule has 0 saturated heterocycles. The van der Waals surface area contributed by atoms with Crippen molar-refractivity contribution in [2.45, 2.75) is 31.9 Å². The molecule has 0 saturated carbocycles. The molecule has 1 aromatic rings. The monoisotopic (exact) mass is 449 g/mol. The summed E-state index contributed by atoms with van der Waals surface area (Å²) in [5.74, 6) is -2.15. The van der Waals surface area contributed by atoms with Crippen LogP contribution in [0.1, 0.15) is 24.8 Å². The molecule has 0 aliphatic rings. The summed E-state index contributed by atoms with van der Waals surface area (Å²) in [4.78, 5) is 46.9. The number of hydrogen-bond acceptors (Lipinski definition) is 10. The lowest BCUT2D eigenvalue weighted by Gasteiger charge is -2.16. The molecule has 0 aliphatic carbocycles.